The molecule has 0 aliphatic rings. The van der Waals surface area contributed by atoms with Crippen LogP contribution in [0.5, 0.6) is 5.75 Å². The first-order valence-corrected chi connectivity index (χ1v) is 11.3. The van der Waals surface area contributed by atoms with E-state index in [4.69, 9.17) is 9.15 Å². The maximum Gasteiger partial charge on any atom is 0.277 e. The zero-order valence-electron chi connectivity index (χ0n) is 16.9. The molecule has 7 nitrogen and oxygen atoms in total. The number of aromatic nitrogens is 3. The zero-order valence-corrected chi connectivity index (χ0v) is 18.6. The smallest absolute Gasteiger partial charge is 0.277 e. The summed E-state index contributed by atoms with van der Waals surface area (Å²) in [4.78, 5) is 17.6. The summed E-state index contributed by atoms with van der Waals surface area (Å²) >= 11 is 2.79. The van der Waals surface area contributed by atoms with Gasteiger partial charge in [0, 0.05) is 17.1 Å². The van der Waals surface area contributed by atoms with Gasteiger partial charge in [0.2, 0.25) is 11.8 Å². The fourth-order valence-electron chi connectivity index (χ4n) is 2.91. The fourth-order valence-corrected chi connectivity index (χ4v) is 4.42. The number of amides is 1. The first kappa shape index (κ1) is 21.1. The molecule has 0 bridgehead atoms. The minimum absolute atomic E-state index is 0.195. The summed E-state index contributed by atoms with van der Waals surface area (Å²) < 4.78 is 11.0. The first-order valence-electron chi connectivity index (χ1n) is 9.50. The summed E-state index contributed by atoms with van der Waals surface area (Å²) in [6.07, 6.45) is 0.462. The number of aryl methyl sites for hydroxylation is 1. The highest BCUT2D eigenvalue weighted by Gasteiger charge is 2.25. The van der Waals surface area contributed by atoms with Crippen molar-refractivity contribution in [3.63, 3.8) is 0 Å². The molecule has 0 aliphatic carbocycles. The molecule has 1 atom stereocenters. The highest BCUT2D eigenvalue weighted by atomic mass is 32.2. The second-order valence-electron chi connectivity index (χ2n) is 6.63. The Morgan fingerprint density at radius 1 is 1.19 bits per heavy atom. The van der Waals surface area contributed by atoms with Crippen LogP contribution in [-0.4, -0.2) is 28.2 Å². The van der Waals surface area contributed by atoms with Gasteiger partial charge in [0.1, 0.15) is 11.0 Å². The van der Waals surface area contributed by atoms with E-state index in [1.807, 2.05) is 60.8 Å². The van der Waals surface area contributed by atoms with Crippen molar-refractivity contribution in [2.75, 3.05) is 12.4 Å². The Balaban J connectivity index is 1.52. The van der Waals surface area contributed by atoms with Gasteiger partial charge in [-0.15, -0.1) is 21.5 Å². The van der Waals surface area contributed by atoms with Gasteiger partial charge in [-0.2, -0.15) is 0 Å². The lowest BCUT2D eigenvalue weighted by molar-refractivity contribution is -0.115. The van der Waals surface area contributed by atoms with Crippen molar-refractivity contribution in [2.24, 2.45) is 0 Å². The molecule has 0 radical (unpaired) electrons. The molecular weight excluding hydrogens is 432 g/mol. The second kappa shape index (κ2) is 9.76. The zero-order chi connectivity index (χ0) is 21.6. The van der Waals surface area contributed by atoms with Crippen LogP contribution in [0.15, 0.2) is 69.6 Å². The maximum absolute atomic E-state index is 13.1. The number of ether oxygens (including phenoxy) is 1. The molecule has 0 spiro atoms. The van der Waals surface area contributed by atoms with Crippen LogP contribution in [0, 0.1) is 6.92 Å². The highest BCUT2D eigenvalue weighted by Crippen LogP contribution is 2.36. The van der Waals surface area contributed by atoms with Gasteiger partial charge in [-0.1, -0.05) is 36.4 Å². The molecule has 9 heteroatoms. The van der Waals surface area contributed by atoms with Crippen LogP contribution < -0.4 is 10.1 Å². The van der Waals surface area contributed by atoms with E-state index in [0.717, 1.165) is 16.3 Å². The van der Waals surface area contributed by atoms with Crippen molar-refractivity contribution in [1.82, 2.24) is 15.2 Å². The molecule has 1 amide bonds. The predicted octanol–water partition coefficient (Wildman–Crippen LogP) is 4.91. The summed E-state index contributed by atoms with van der Waals surface area (Å²) in [6, 6.07) is 16.7. The lowest BCUT2D eigenvalue weighted by Gasteiger charge is -2.15. The van der Waals surface area contributed by atoms with E-state index in [9.17, 15) is 4.79 Å². The summed E-state index contributed by atoms with van der Waals surface area (Å²) in [5.41, 5.74) is 2.37. The number of benzene rings is 2. The van der Waals surface area contributed by atoms with E-state index in [0.29, 0.717) is 29.0 Å². The summed E-state index contributed by atoms with van der Waals surface area (Å²) in [7, 11) is 1.59. The molecular formula is C22H20N4O3S2. The number of anilines is 1. The van der Waals surface area contributed by atoms with Crippen LogP contribution in [-0.2, 0) is 11.2 Å². The molecule has 0 aliphatic heterocycles. The largest absolute Gasteiger partial charge is 0.497 e. The molecule has 2 aromatic heterocycles. The fraction of sp³-hybridized carbons (Fsp3) is 0.182. The van der Waals surface area contributed by atoms with Gasteiger partial charge >= 0.3 is 0 Å². The van der Waals surface area contributed by atoms with Crippen LogP contribution in [0.4, 0.5) is 5.69 Å². The number of carbonyl (C=O) groups is 1. The van der Waals surface area contributed by atoms with Crippen molar-refractivity contribution in [1.29, 1.82) is 0 Å². The number of rotatable bonds is 8. The number of hydrogen-bond acceptors (Lipinski definition) is 8. The Hall–Kier alpha value is -3.17. The number of thioether (sulfide) groups is 1. The maximum atomic E-state index is 13.1. The van der Waals surface area contributed by atoms with Gasteiger partial charge in [0.05, 0.1) is 24.2 Å². The minimum Gasteiger partial charge on any atom is -0.497 e. The monoisotopic (exact) mass is 452 g/mol. The van der Waals surface area contributed by atoms with Crippen LogP contribution >= 0.6 is 23.1 Å². The Morgan fingerprint density at radius 2 is 2.03 bits per heavy atom. The first-order chi connectivity index (χ1) is 15.1. The number of hydrogen-bond donors (Lipinski definition) is 1. The summed E-state index contributed by atoms with van der Waals surface area (Å²) in [5, 5.41) is 13.9. The normalized spacial score (nSPS) is 11.8. The Bertz CT molecular complexity index is 1160. The standard InChI is InChI=1S/C22H20N4O3S2/c1-14-23-17(13-30-14)12-19-25-26-22(29-19)31-20(15-7-4-3-5-8-15)21(27)24-16-9-6-10-18(11-16)28-2/h3-11,13,20H,12H2,1-2H3,(H,24,27). The van der Waals surface area contributed by atoms with E-state index in [1.54, 1.807) is 24.5 Å². The number of nitrogens with one attached hydrogen (secondary N) is 1. The third-order valence-electron chi connectivity index (χ3n) is 4.34. The average molecular weight is 453 g/mol. The van der Waals surface area contributed by atoms with Crippen molar-refractivity contribution in [3.05, 3.63) is 82.1 Å². The summed E-state index contributed by atoms with van der Waals surface area (Å²) in [6.45, 7) is 1.95. The molecule has 2 heterocycles. The van der Waals surface area contributed by atoms with Crippen LogP contribution in [0.1, 0.15) is 27.4 Å². The van der Waals surface area contributed by atoms with E-state index >= 15 is 0 Å². The quantitative estimate of drug-likeness (QED) is 0.380. The van der Waals surface area contributed by atoms with Gasteiger partial charge in [-0.3, -0.25) is 4.79 Å². The SMILES string of the molecule is COc1cccc(NC(=O)C(Sc2nnc(Cc3csc(C)n3)o2)c2ccccc2)c1. The lowest BCUT2D eigenvalue weighted by atomic mass is 10.1. The molecule has 1 N–H and O–H groups in total. The topological polar surface area (TPSA) is 90.1 Å². The molecule has 1 unspecified atom stereocenters. The lowest BCUT2D eigenvalue weighted by Crippen LogP contribution is -2.19. The van der Waals surface area contributed by atoms with Crippen LogP contribution in [0.2, 0.25) is 0 Å². The van der Waals surface area contributed by atoms with E-state index < -0.39 is 5.25 Å². The number of methoxy groups -OCH3 is 1. The predicted molar refractivity (Wildman–Crippen MR) is 121 cm³/mol. The molecule has 4 aromatic rings. The Morgan fingerprint density at radius 3 is 2.77 bits per heavy atom. The molecule has 158 valence electrons. The number of carbonyl (C=O) groups excluding carboxylic acids is 1. The number of thiazole rings is 1. The molecule has 2 aromatic carbocycles. The van der Waals surface area contributed by atoms with Gasteiger partial charge in [0.25, 0.3) is 5.22 Å². The molecule has 0 saturated carbocycles. The van der Waals surface area contributed by atoms with Crippen molar-refractivity contribution in [2.45, 2.75) is 23.8 Å². The van der Waals surface area contributed by atoms with Gasteiger partial charge in [-0.25, -0.2) is 4.98 Å². The van der Waals surface area contributed by atoms with E-state index in [2.05, 4.69) is 20.5 Å². The second-order valence-corrected chi connectivity index (χ2v) is 8.74. The van der Waals surface area contributed by atoms with Crippen LogP contribution in [0.3, 0.4) is 0 Å². The number of nitrogens with zero attached hydrogens (tertiary/aromatic N) is 3. The van der Waals surface area contributed by atoms with Crippen molar-refractivity contribution >= 4 is 34.7 Å². The molecule has 4 rings (SSSR count). The molecule has 0 fully saturated rings. The molecule has 31 heavy (non-hydrogen) atoms. The minimum atomic E-state index is -0.567. The third kappa shape index (κ3) is 5.50. The van der Waals surface area contributed by atoms with Crippen molar-refractivity contribution < 1.29 is 13.9 Å². The van der Waals surface area contributed by atoms with E-state index in [1.165, 1.54) is 11.8 Å². The highest BCUT2D eigenvalue weighted by molar-refractivity contribution is 8.00. The average Bonchev–Trinajstić information content (AvgIpc) is 3.41. The van der Waals surface area contributed by atoms with Gasteiger partial charge < -0.3 is 14.5 Å². The van der Waals surface area contributed by atoms with Gasteiger partial charge in [-0.05, 0) is 36.4 Å². The molecule has 0 saturated heterocycles. The Kier molecular flexibility index (Phi) is 6.63. The Labute approximate surface area is 187 Å². The van der Waals surface area contributed by atoms with E-state index in [-0.39, 0.29) is 5.91 Å². The van der Waals surface area contributed by atoms with Crippen LogP contribution in [0.25, 0.3) is 0 Å². The van der Waals surface area contributed by atoms with Crippen molar-refractivity contribution in [3.8, 4) is 5.75 Å². The third-order valence-corrected chi connectivity index (χ3v) is 6.25. The summed E-state index contributed by atoms with van der Waals surface area (Å²) in [5.74, 6) is 0.938. The van der Waals surface area contributed by atoms with Gasteiger partial charge in [0.15, 0.2) is 0 Å².